The van der Waals surface area contributed by atoms with Crippen LogP contribution in [0.25, 0.3) is 0 Å². The van der Waals surface area contributed by atoms with Gasteiger partial charge in [0.2, 0.25) is 0 Å². The molecule has 0 bridgehead atoms. The van der Waals surface area contributed by atoms with E-state index in [0.29, 0.717) is 12.4 Å². The molecule has 2 rings (SSSR count). The molecule has 0 aliphatic carbocycles. The monoisotopic (exact) mass is 311 g/mol. The zero-order chi connectivity index (χ0) is 16.1. The molecule has 0 radical (unpaired) electrons. The number of hydrogen-bond acceptors (Lipinski definition) is 5. The number of likely N-dealkylation sites (N-methyl/N-ethyl adjacent to an activating group) is 1. The Morgan fingerprint density at radius 3 is 2.50 bits per heavy atom. The van der Waals surface area contributed by atoms with E-state index in [1.807, 2.05) is 19.0 Å². The first-order chi connectivity index (χ1) is 10.5. The van der Waals surface area contributed by atoms with Crippen molar-refractivity contribution in [2.75, 3.05) is 37.8 Å². The first-order valence-corrected chi connectivity index (χ1v) is 6.58. The second kappa shape index (κ2) is 7.08. The summed E-state index contributed by atoms with van der Waals surface area (Å²) in [6.07, 6.45) is 1.29. The van der Waals surface area contributed by atoms with Crippen LogP contribution >= 0.6 is 0 Å². The molecule has 0 aliphatic rings. The molecule has 0 saturated carbocycles. The molecule has 118 valence electrons. The van der Waals surface area contributed by atoms with Gasteiger partial charge in [-0.2, -0.15) is 0 Å². The van der Waals surface area contributed by atoms with Crippen molar-refractivity contribution in [1.82, 2.24) is 14.9 Å². The minimum absolute atomic E-state index is 0.197. The fraction of sp³-hybridized carbons (Fsp3) is 0.286. The molecule has 0 saturated heterocycles. The van der Waals surface area contributed by atoms with Crippen molar-refractivity contribution < 1.29 is 13.2 Å². The van der Waals surface area contributed by atoms with E-state index in [1.165, 1.54) is 6.33 Å². The fourth-order valence-corrected chi connectivity index (χ4v) is 1.69. The van der Waals surface area contributed by atoms with Gasteiger partial charge in [0.1, 0.15) is 18.0 Å². The van der Waals surface area contributed by atoms with Crippen LogP contribution in [0.1, 0.15) is 0 Å². The molecule has 0 spiro atoms. The Labute approximate surface area is 126 Å². The Kier molecular flexibility index (Phi) is 5.16. The van der Waals surface area contributed by atoms with Gasteiger partial charge in [-0.15, -0.1) is 0 Å². The third-order valence-corrected chi connectivity index (χ3v) is 2.83. The average Bonchev–Trinajstić information content (AvgIpc) is 2.48. The highest BCUT2D eigenvalue weighted by atomic mass is 19.2. The summed E-state index contributed by atoms with van der Waals surface area (Å²) < 4.78 is 39.7. The molecule has 1 aromatic heterocycles. The van der Waals surface area contributed by atoms with Gasteiger partial charge in [-0.25, -0.2) is 23.1 Å². The summed E-state index contributed by atoms with van der Waals surface area (Å²) in [7, 11) is 3.89. The van der Waals surface area contributed by atoms with Crippen molar-refractivity contribution in [3.63, 3.8) is 0 Å². The lowest BCUT2D eigenvalue weighted by atomic mass is 10.3. The maximum Gasteiger partial charge on any atom is 0.196 e. The Morgan fingerprint density at radius 2 is 1.77 bits per heavy atom. The number of nitrogens with one attached hydrogen (secondary N) is 2. The number of nitrogens with zero attached hydrogens (tertiary/aromatic N) is 3. The quantitative estimate of drug-likeness (QED) is 0.803. The van der Waals surface area contributed by atoms with E-state index in [0.717, 1.165) is 18.7 Å². The van der Waals surface area contributed by atoms with E-state index in [4.69, 9.17) is 0 Å². The van der Waals surface area contributed by atoms with Gasteiger partial charge < -0.3 is 15.5 Å². The van der Waals surface area contributed by atoms with Crippen molar-refractivity contribution in [3.8, 4) is 0 Å². The van der Waals surface area contributed by atoms with Gasteiger partial charge >= 0.3 is 0 Å². The van der Waals surface area contributed by atoms with Crippen LogP contribution in [-0.4, -0.2) is 42.1 Å². The normalized spacial score (nSPS) is 10.8. The molecule has 0 atom stereocenters. The lowest BCUT2D eigenvalue weighted by molar-refractivity contribution is 0.425. The summed E-state index contributed by atoms with van der Waals surface area (Å²) >= 11 is 0. The molecule has 0 aliphatic heterocycles. The summed E-state index contributed by atoms with van der Waals surface area (Å²) in [4.78, 5) is 9.94. The highest BCUT2D eigenvalue weighted by molar-refractivity contribution is 5.59. The molecule has 0 unspecified atom stereocenters. The van der Waals surface area contributed by atoms with Gasteiger partial charge in [0.15, 0.2) is 17.5 Å². The second-order valence-electron chi connectivity index (χ2n) is 4.87. The Balaban J connectivity index is 2.09. The van der Waals surface area contributed by atoms with Crippen LogP contribution in [0.2, 0.25) is 0 Å². The molecule has 1 aromatic carbocycles. The minimum Gasteiger partial charge on any atom is -0.369 e. The fourth-order valence-electron chi connectivity index (χ4n) is 1.69. The van der Waals surface area contributed by atoms with Gasteiger partial charge in [0, 0.05) is 19.2 Å². The third-order valence-electron chi connectivity index (χ3n) is 2.83. The Morgan fingerprint density at radius 1 is 1.05 bits per heavy atom. The smallest absolute Gasteiger partial charge is 0.196 e. The number of aromatic nitrogens is 2. The first kappa shape index (κ1) is 16.0. The van der Waals surface area contributed by atoms with Gasteiger partial charge in [-0.3, -0.25) is 0 Å². The summed E-state index contributed by atoms with van der Waals surface area (Å²) in [5.41, 5.74) is -0.197. The maximum absolute atomic E-state index is 13.6. The zero-order valence-corrected chi connectivity index (χ0v) is 12.2. The molecule has 1 heterocycles. The second-order valence-corrected chi connectivity index (χ2v) is 4.87. The van der Waals surface area contributed by atoms with Crippen LogP contribution in [0.3, 0.4) is 0 Å². The SMILES string of the molecule is CN(C)CCNc1cc(Nc2ccc(F)c(F)c2F)ncn1. The van der Waals surface area contributed by atoms with Gasteiger partial charge in [0.25, 0.3) is 0 Å². The summed E-state index contributed by atoms with van der Waals surface area (Å²) in [6, 6.07) is 3.50. The molecule has 2 N–H and O–H groups in total. The van der Waals surface area contributed by atoms with E-state index in [-0.39, 0.29) is 11.5 Å². The van der Waals surface area contributed by atoms with E-state index in [1.54, 1.807) is 6.07 Å². The summed E-state index contributed by atoms with van der Waals surface area (Å²) in [6.45, 7) is 1.48. The number of rotatable bonds is 6. The lowest BCUT2D eigenvalue weighted by Gasteiger charge is -2.12. The van der Waals surface area contributed by atoms with Crippen LogP contribution in [0, 0.1) is 17.5 Å². The van der Waals surface area contributed by atoms with E-state index < -0.39 is 17.5 Å². The Hall–Kier alpha value is -2.35. The van der Waals surface area contributed by atoms with Crippen molar-refractivity contribution in [1.29, 1.82) is 0 Å². The molecule has 0 fully saturated rings. The number of hydrogen-bond donors (Lipinski definition) is 2. The van der Waals surface area contributed by atoms with Gasteiger partial charge in [-0.05, 0) is 26.2 Å². The zero-order valence-electron chi connectivity index (χ0n) is 12.2. The minimum atomic E-state index is -1.52. The molecule has 22 heavy (non-hydrogen) atoms. The van der Waals surface area contributed by atoms with Crippen LogP contribution in [0.15, 0.2) is 24.5 Å². The van der Waals surface area contributed by atoms with Crippen molar-refractivity contribution >= 4 is 17.3 Å². The third kappa shape index (κ3) is 4.08. The van der Waals surface area contributed by atoms with Crippen molar-refractivity contribution in [2.24, 2.45) is 0 Å². The number of halogens is 3. The van der Waals surface area contributed by atoms with Gasteiger partial charge in [0.05, 0.1) is 5.69 Å². The number of anilines is 3. The molecular formula is C14H16F3N5. The Bertz CT molecular complexity index is 648. The van der Waals surface area contributed by atoms with E-state index in [2.05, 4.69) is 20.6 Å². The van der Waals surface area contributed by atoms with Crippen LogP contribution in [-0.2, 0) is 0 Å². The predicted octanol–water partition coefficient (Wildman–Crippen LogP) is 2.61. The highest BCUT2D eigenvalue weighted by Crippen LogP contribution is 2.23. The van der Waals surface area contributed by atoms with Crippen molar-refractivity contribution in [2.45, 2.75) is 0 Å². The average molecular weight is 311 g/mol. The molecular weight excluding hydrogens is 295 g/mol. The summed E-state index contributed by atoms with van der Waals surface area (Å²) in [5.74, 6) is -3.24. The molecule has 0 amide bonds. The topological polar surface area (TPSA) is 53.1 Å². The predicted molar refractivity (Wildman–Crippen MR) is 78.7 cm³/mol. The number of benzene rings is 1. The largest absolute Gasteiger partial charge is 0.369 e. The van der Waals surface area contributed by atoms with Crippen LogP contribution in [0.5, 0.6) is 0 Å². The highest BCUT2D eigenvalue weighted by Gasteiger charge is 2.13. The van der Waals surface area contributed by atoms with Crippen molar-refractivity contribution in [3.05, 3.63) is 42.0 Å². The van der Waals surface area contributed by atoms with Gasteiger partial charge in [-0.1, -0.05) is 0 Å². The van der Waals surface area contributed by atoms with Crippen LogP contribution < -0.4 is 10.6 Å². The molecule has 5 nitrogen and oxygen atoms in total. The maximum atomic E-state index is 13.6. The molecule has 8 heteroatoms. The lowest BCUT2D eigenvalue weighted by Crippen LogP contribution is -2.21. The van der Waals surface area contributed by atoms with E-state index in [9.17, 15) is 13.2 Å². The first-order valence-electron chi connectivity index (χ1n) is 6.58. The van der Waals surface area contributed by atoms with E-state index >= 15 is 0 Å². The molecule has 2 aromatic rings. The summed E-state index contributed by atoms with van der Waals surface area (Å²) in [5, 5.41) is 5.67. The standard InChI is InChI=1S/C14H16F3N5/c1-22(2)6-5-18-11-7-12(20-8-19-11)21-10-4-3-9(15)13(16)14(10)17/h3-4,7-8H,5-6H2,1-2H3,(H2,18,19,20,21). The van der Waals surface area contributed by atoms with Crippen LogP contribution in [0.4, 0.5) is 30.5 Å².